The lowest BCUT2D eigenvalue weighted by atomic mass is 9.87. The first-order valence-corrected chi connectivity index (χ1v) is 10.8. The molecule has 1 aliphatic rings. The van der Waals surface area contributed by atoms with Gasteiger partial charge in [0.15, 0.2) is 0 Å². The molecule has 1 aromatic heterocycles. The smallest absolute Gasteiger partial charge is 0.223 e. The number of carbonyl (C=O) groups excluding carboxylic acids is 1. The highest BCUT2D eigenvalue weighted by Gasteiger charge is 2.26. The van der Waals surface area contributed by atoms with E-state index in [1.54, 1.807) is 0 Å². The van der Waals surface area contributed by atoms with Gasteiger partial charge >= 0.3 is 0 Å². The number of fused-ring (bicyclic) bond motifs is 1. The second-order valence-electron chi connectivity index (χ2n) is 7.56. The molecule has 2 heterocycles. The van der Waals surface area contributed by atoms with Crippen molar-refractivity contribution in [1.82, 2.24) is 14.8 Å². The van der Waals surface area contributed by atoms with Crippen molar-refractivity contribution in [2.24, 2.45) is 0 Å². The number of amides is 1. The fourth-order valence-electron chi connectivity index (χ4n) is 4.12. The third-order valence-electron chi connectivity index (χ3n) is 5.87. The third kappa shape index (κ3) is 4.45. The van der Waals surface area contributed by atoms with Gasteiger partial charge in [0.1, 0.15) is 0 Å². The molecular formula is C23H25Cl2N3O. The van der Waals surface area contributed by atoms with Crippen LogP contribution in [-0.2, 0) is 4.79 Å². The second kappa shape index (κ2) is 8.78. The Bertz CT molecular complexity index is 991. The summed E-state index contributed by atoms with van der Waals surface area (Å²) in [5.74, 6) is 0.133. The molecule has 0 saturated carbocycles. The van der Waals surface area contributed by atoms with Crippen LogP contribution in [-0.4, -0.2) is 53.4 Å². The lowest BCUT2D eigenvalue weighted by Gasteiger charge is -2.34. The van der Waals surface area contributed by atoms with Gasteiger partial charge in [-0.05, 0) is 48.0 Å². The molecule has 3 aromatic rings. The molecule has 29 heavy (non-hydrogen) atoms. The van der Waals surface area contributed by atoms with Gasteiger partial charge in [0, 0.05) is 65.7 Å². The number of likely N-dealkylation sites (N-methyl/N-ethyl adjacent to an activating group) is 1. The number of nitrogens with one attached hydrogen (secondary N) is 1. The predicted octanol–water partition coefficient (Wildman–Crippen LogP) is 5.16. The van der Waals surface area contributed by atoms with Crippen LogP contribution in [0.4, 0.5) is 0 Å². The molecule has 0 bridgehead atoms. The monoisotopic (exact) mass is 429 g/mol. The maximum Gasteiger partial charge on any atom is 0.223 e. The average molecular weight is 430 g/mol. The SMILES string of the molecule is CCN1CCN(C(=O)C[C@H](c2ccc(Cl)cc2)c2c[nH]c3ccc(Cl)cc23)CC1. The summed E-state index contributed by atoms with van der Waals surface area (Å²) in [7, 11) is 0. The molecule has 0 aliphatic carbocycles. The van der Waals surface area contributed by atoms with E-state index in [4.69, 9.17) is 23.2 Å². The maximum atomic E-state index is 13.2. The Morgan fingerprint density at radius 1 is 1.03 bits per heavy atom. The fourth-order valence-corrected chi connectivity index (χ4v) is 4.42. The van der Waals surface area contributed by atoms with Crippen LogP contribution in [0.2, 0.25) is 10.0 Å². The van der Waals surface area contributed by atoms with Crippen LogP contribution in [0.3, 0.4) is 0 Å². The van der Waals surface area contributed by atoms with E-state index in [1.165, 1.54) is 0 Å². The van der Waals surface area contributed by atoms with Crippen molar-refractivity contribution in [1.29, 1.82) is 0 Å². The standard InChI is InChI=1S/C23H25Cl2N3O/c1-2-27-9-11-28(12-10-27)23(29)14-19(16-3-5-17(24)6-4-16)21-15-26-22-8-7-18(25)13-20(21)22/h3-8,13,15,19,26H,2,9-12,14H2,1H3/t19-/m1/s1. The van der Waals surface area contributed by atoms with Crippen LogP contribution in [0.1, 0.15) is 30.4 Å². The van der Waals surface area contributed by atoms with Gasteiger partial charge in [-0.3, -0.25) is 4.79 Å². The predicted molar refractivity (Wildman–Crippen MR) is 120 cm³/mol. The minimum atomic E-state index is -0.0591. The van der Waals surface area contributed by atoms with Crippen molar-refractivity contribution in [2.45, 2.75) is 19.3 Å². The first-order chi connectivity index (χ1) is 14.0. The normalized spacial score (nSPS) is 16.3. The largest absolute Gasteiger partial charge is 0.361 e. The molecule has 1 atom stereocenters. The van der Waals surface area contributed by atoms with Gasteiger partial charge < -0.3 is 14.8 Å². The van der Waals surface area contributed by atoms with Gasteiger partial charge in [0.25, 0.3) is 0 Å². The lowest BCUT2D eigenvalue weighted by Crippen LogP contribution is -2.48. The van der Waals surface area contributed by atoms with Crippen molar-refractivity contribution >= 4 is 40.0 Å². The zero-order valence-corrected chi connectivity index (χ0v) is 18.0. The van der Waals surface area contributed by atoms with Gasteiger partial charge in [-0.25, -0.2) is 0 Å². The number of rotatable bonds is 5. The summed E-state index contributed by atoms with van der Waals surface area (Å²) in [4.78, 5) is 20.9. The summed E-state index contributed by atoms with van der Waals surface area (Å²) >= 11 is 12.4. The second-order valence-corrected chi connectivity index (χ2v) is 8.43. The summed E-state index contributed by atoms with van der Waals surface area (Å²) in [5.41, 5.74) is 3.19. The van der Waals surface area contributed by atoms with E-state index < -0.39 is 0 Å². The molecule has 1 amide bonds. The van der Waals surface area contributed by atoms with E-state index in [-0.39, 0.29) is 11.8 Å². The Kier molecular flexibility index (Phi) is 6.14. The lowest BCUT2D eigenvalue weighted by molar-refractivity contribution is -0.133. The fraction of sp³-hybridized carbons (Fsp3) is 0.348. The van der Waals surface area contributed by atoms with Crippen molar-refractivity contribution < 1.29 is 4.79 Å². The number of carbonyl (C=O) groups is 1. The van der Waals surface area contributed by atoms with E-state index in [0.717, 1.165) is 54.8 Å². The summed E-state index contributed by atoms with van der Waals surface area (Å²) in [6, 6.07) is 13.6. The Morgan fingerprint density at radius 3 is 2.41 bits per heavy atom. The van der Waals surface area contributed by atoms with Crippen LogP contribution < -0.4 is 0 Å². The van der Waals surface area contributed by atoms with E-state index in [1.807, 2.05) is 53.6 Å². The number of benzene rings is 2. The molecule has 1 aliphatic heterocycles. The molecule has 4 nitrogen and oxygen atoms in total. The van der Waals surface area contributed by atoms with E-state index in [9.17, 15) is 4.79 Å². The summed E-state index contributed by atoms with van der Waals surface area (Å²) in [6.07, 6.45) is 2.43. The van der Waals surface area contributed by atoms with Crippen molar-refractivity contribution in [2.75, 3.05) is 32.7 Å². The number of aromatic nitrogens is 1. The molecule has 6 heteroatoms. The molecule has 1 N–H and O–H groups in total. The summed E-state index contributed by atoms with van der Waals surface area (Å²) in [6.45, 7) is 6.66. The minimum Gasteiger partial charge on any atom is -0.361 e. The summed E-state index contributed by atoms with van der Waals surface area (Å²) in [5, 5.41) is 2.44. The van der Waals surface area contributed by atoms with Crippen molar-refractivity contribution in [3.05, 3.63) is 69.8 Å². The Hall–Kier alpha value is -2.01. The first kappa shape index (κ1) is 20.3. The quantitative estimate of drug-likeness (QED) is 0.607. The number of hydrogen-bond donors (Lipinski definition) is 1. The average Bonchev–Trinajstić information content (AvgIpc) is 3.15. The van der Waals surface area contributed by atoms with E-state index in [2.05, 4.69) is 16.8 Å². The van der Waals surface area contributed by atoms with Crippen molar-refractivity contribution in [3.8, 4) is 0 Å². The van der Waals surface area contributed by atoms with Crippen LogP contribution in [0.25, 0.3) is 10.9 Å². The van der Waals surface area contributed by atoms with Crippen LogP contribution in [0.15, 0.2) is 48.7 Å². The first-order valence-electron chi connectivity index (χ1n) is 10.1. The molecule has 2 aromatic carbocycles. The number of piperazine rings is 1. The molecule has 1 fully saturated rings. The maximum absolute atomic E-state index is 13.2. The Morgan fingerprint density at radius 2 is 1.72 bits per heavy atom. The molecule has 0 radical (unpaired) electrons. The molecule has 1 saturated heterocycles. The molecule has 4 rings (SSSR count). The summed E-state index contributed by atoms with van der Waals surface area (Å²) < 4.78 is 0. The minimum absolute atomic E-state index is 0.0591. The third-order valence-corrected chi connectivity index (χ3v) is 6.36. The van der Waals surface area contributed by atoms with E-state index in [0.29, 0.717) is 16.5 Å². The highest BCUT2D eigenvalue weighted by molar-refractivity contribution is 6.31. The van der Waals surface area contributed by atoms with Crippen molar-refractivity contribution in [3.63, 3.8) is 0 Å². The highest BCUT2D eigenvalue weighted by atomic mass is 35.5. The van der Waals surface area contributed by atoms with Gasteiger partial charge in [-0.1, -0.05) is 42.3 Å². The van der Waals surface area contributed by atoms with Gasteiger partial charge in [0.05, 0.1) is 0 Å². The number of nitrogens with zero attached hydrogens (tertiary/aromatic N) is 2. The number of H-pyrrole nitrogens is 1. The number of halogens is 2. The zero-order valence-electron chi connectivity index (χ0n) is 16.5. The Balaban J connectivity index is 1.65. The van der Waals surface area contributed by atoms with Crippen LogP contribution in [0, 0.1) is 0 Å². The number of aromatic amines is 1. The highest BCUT2D eigenvalue weighted by Crippen LogP contribution is 2.35. The molecular weight excluding hydrogens is 405 g/mol. The Labute approximate surface area is 181 Å². The van der Waals surface area contributed by atoms with Crippen LogP contribution in [0.5, 0.6) is 0 Å². The van der Waals surface area contributed by atoms with Gasteiger partial charge in [0.2, 0.25) is 5.91 Å². The topological polar surface area (TPSA) is 39.3 Å². The zero-order chi connectivity index (χ0) is 20.4. The van der Waals surface area contributed by atoms with Gasteiger partial charge in [-0.15, -0.1) is 0 Å². The number of hydrogen-bond acceptors (Lipinski definition) is 2. The molecule has 0 unspecified atom stereocenters. The molecule has 152 valence electrons. The van der Waals surface area contributed by atoms with E-state index >= 15 is 0 Å². The van der Waals surface area contributed by atoms with Crippen LogP contribution >= 0.6 is 23.2 Å². The van der Waals surface area contributed by atoms with Gasteiger partial charge in [-0.2, -0.15) is 0 Å². The molecule has 0 spiro atoms.